The zero-order valence-electron chi connectivity index (χ0n) is 8.50. The fourth-order valence-electron chi connectivity index (χ4n) is 2.89. The summed E-state index contributed by atoms with van der Waals surface area (Å²) in [6.45, 7) is 7.20. The zero-order valence-corrected chi connectivity index (χ0v) is 8.50. The Morgan fingerprint density at radius 2 is 1.92 bits per heavy atom. The summed E-state index contributed by atoms with van der Waals surface area (Å²) >= 11 is 0. The number of nitrogens with two attached hydrogens (primary N) is 1. The molecule has 2 aliphatic rings. The Balaban J connectivity index is 2.02. The van der Waals surface area contributed by atoms with E-state index in [2.05, 4.69) is 18.4 Å². The summed E-state index contributed by atoms with van der Waals surface area (Å²) in [5.74, 6) is 0. The Kier molecular flexibility index (Phi) is 2.43. The summed E-state index contributed by atoms with van der Waals surface area (Å²) in [5, 5.41) is 0. The predicted molar refractivity (Wildman–Crippen MR) is 55.5 cm³/mol. The van der Waals surface area contributed by atoms with E-state index >= 15 is 0 Å². The van der Waals surface area contributed by atoms with Crippen LogP contribution in [0, 0.1) is 0 Å². The Morgan fingerprint density at radius 3 is 2.38 bits per heavy atom. The van der Waals surface area contributed by atoms with Crippen LogP contribution >= 0.6 is 0 Å². The zero-order chi connectivity index (χ0) is 9.42. The van der Waals surface area contributed by atoms with Crippen molar-refractivity contribution in [1.29, 1.82) is 0 Å². The first-order valence-electron chi connectivity index (χ1n) is 5.32. The van der Waals surface area contributed by atoms with E-state index in [1.807, 2.05) is 0 Å². The van der Waals surface area contributed by atoms with Gasteiger partial charge in [0, 0.05) is 24.7 Å². The predicted octanol–water partition coefficient (Wildman–Crippen LogP) is 1.52. The highest BCUT2D eigenvalue weighted by Gasteiger charge is 2.38. The van der Waals surface area contributed by atoms with Gasteiger partial charge < -0.3 is 5.73 Å². The van der Waals surface area contributed by atoms with Gasteiger partial charge in [-0.2, -0.15) is 0 Å². The first-order valence-corrected chi connectivity index (χ1v) is 5.32. The summed E-state index contributed by atoms with van der Waals surface area (Å²) in [4.78, 5) is 2.62. The van der Waals surface area contributed by atoms with Gasteiger partial charge in [0.15, 0.2) is 0 Å². The molecule has 3 atom stereocenters. The van der Waals surface area contributed by atoms with Crippen molar-refractivity contribution in [1.82, 2.24) is 4.90 Å². The maximum Gasteiger partial charge on any atom is 0.0193 e. The third kappa shape index (κ3) is 1.79. The molecule has 2 rings (SSSR count). The summed E-state index contributed by atoms with van der Waals surface area (Å²) in [7, 11) is 0. The second-order valence-electron chi connectivity index (χ2n) is 4.75. The minimum atomic E-state index is 0.457. The molecule has 0 radical (unpaired) electrons. The van der Waals surface area contributed by atoms with Crippen molar-refractivity contribution in [2.75, 3.05) is 6.54 Å². The molecule has 1 unspecified atom stereocenters. The number of nitrogens with zero attached hydrogens (tertiary/aromatic N) is 1. The number of hydrogen-bond acceptors (Lipinski definition) is 2. The van der Waals surface area contributed by atoms with Gasteiger partial charge in [0.1, 0.15) is 0 Å². The Bertz CT molecular complexity index is 198. The maximum atomic E-state index is 6.00. The average molecular weight is 180 g/mol. The van der Waals surface area contributed by atoms with Crippen LogP contribution in [-0.4, -0.2) is 29.6 Å². The van der Waals surface area contributed by atoms with Crippen LogP contribution in [0.5, 0.6) is 0 Å². The first-order chi connectivity index (χ1) is 6.16. The normalized spacial score (nSPS) is 39.4. The monoisotopic (exact) mass is 180 g/mol. The van der Waals surface area contributed by atoms with Gasteiger partial charge in [-0.25, -0.2) is 0 Å². The van der Waals surface area contributed by atoms with Crippen molar-refractivity contribution in [2.24, 2.45) is 5.73 Å². The van der Waals surface area contributed by atoms with E-state index in [1.165, 1.54) is 31.3 Å². The van der Waals surface area contributed by atoms with E-state index in [-0.39, 0.29) is 0 Å². The van der Waals surface area contributed by atoms with Crippen LogP contribution in [0.15, 0.2) is 12.2 Å². The lowest BCUT2D eigenvalue weighted by Gasteiger charge is -2.37. The van der Waals surface area contributed by atoms with Crippen molar-refractivity contribution in [3.05, 3.63) is 12.2 Å². The van der Waals surface area contributed by atoms with Gasteiger partial charge in [-0.15, -0.1) is 0 Å². The fourth-order valence-corrected chi connectivity index (χ4v) is 2.89. The lowest BCUT2D eigenvalue weighted by atomic mass is 9.98. The summed E-state index contributed by atoms with van der Waals surface area (Å²) in [6, 6.07) is 1.97. The van der Waals surface area contributed by atoms with Crippen LogP contribution in [0.2, 0.25) is 0 Å². The van der Waals surface area contributed by atoms with E-state index < -0.39 is 0 Å². The molecule has 0 aromatic carbocycles. The maximum absolute atomic E-state index is 6.00. The highest BCUT2D eigenvalue weighted by molar-refractivity contribution is 5.02. The van der Waals surface area contributed by atoms with Crippen molar-refractivity contribution < 1.29 is 0 Å². The third-order valence-corrected chi connectivity index (χ3v) is 3.37. The summed E-state index contributed by atoms with van der Waals surface area (Å²) in [6.07, 6.45) is 5.10. The van der Waals surface area contributed by atoms with Gasteiger partial charge >= 0.3 is 0 Å². The van der Waals surface area contributed by atoms with Crippen LogP contribution < -0.4 is 5.73 Å². The lowest BCUT2D eigenvalue weighted by Crippen LogP contribution is -2.47. The Morgan fingerprint density at radius 1 is 1.38 bits per heavy atom. The van der Waals surface area contributed by atoms with Crippen molar-refractivity contribution >= 4 is 0 Å². The van der Waals surface area contributed by atoms with Crippen LogP contribution in [0.3, 0.4) is 0 Å². The highest BCUT2D eigenvalue weighted by Crippen LogP contribution is 2.35. The molecule has 0 amide bonds. The molecule has 2 heterocycles. The average Bonchev–Trinajstić information content (AvgIpc) is 2.32. The standard InChI is InChI=1S/C11H20N2/c1-8(2)7-13-10-3-4-11(13)6-9(12)5-10/h9-11H,1,3-7,12H2,2H3/t9?,10-,11+. The van der Waals surface area contributed by atoms with E-state index in [1.54, 1.807) is 0 Å². The summed E-state index contributed by atoms with van der Waals surface area (Å²) < 4.78 is 0. The molecule has 2 N–H and O–H groups in total. The quantitative estimate of drug-likeness (QED) is 0.653. The van der Waals surface area contributed by atoms with E-state index in [0.29, 0.717) is 6.04 Å². The van der Waals surface area contributed by atoms with Gasteiger partial charge in [0.2, 0.25) is 0 Å². The number of hydrogen-bond donors (Lipinski definition) is 1. The lowest BCUT2D eigenvalue weighted by molar-refractivity contribution is 0.140. The molecule has 2 heteroatoms. The molecule has 0 aromatic heterocycles. The van der Waals surface area contributed by atoms with E-state index in [9.17, 15) is 0 Å². The van der Waals surface area contributed by atoms with Gasteiger partial charge in [-0.3, -0.25) is 4.90 Å². The molecule has 2 nitrogen and oxygen atoms in total. The minimum absolute atomic E-state index is 0.457. The topological polar surface area (TPSA) is 29.3 Å². The number of fused-ring (bicyclic) bond motifs is 2. The van der Waals surface area contributed by atoms with Gasteiger partial charge in [0.25, 0.3) is 0 Å². The molecule has 0 saturated carbocycles. The molecule has 0 spiro atoms. The first kappa shape index (κ1) is 9.22. The van der Waals surface area contributed by atoms with Crippen molar-refractivity contribution in [3.63, 3.8) is 0 Å². The van der Waals surface area contributed by atoms with Crippen molar-refractivity contribution in [3.8, 4) is 0 Å². The molecule has 2 bridgehead atoms. The van der Waals surface area contributed by atoms with Gasteiger partial charge in [-0.05, 0) is 32.6 Å². The smallest absolute Gasteiger partial charge is 0.0193 e. The van der Waals surface area contributed by atoms with Crippen LogP contribution in [-0.2, 0) is 0 Å². The summed E-state index contributed by atoms with van der Waals surface area (Å²) in [5.41, 5.74) is 7.28. The van der Waals surface area contributed by atoms with E-state index in [4.69, 9.17) is 5.73 Å². The largest absolute Gasteiger partial charge is 0.328 e. The van der Waals surface area contributed by atoms with Crippen LogP contribution in [0.4, 0.5) is 0 Å². The fraction of sp³-hybridized carbons (Fsp3) is 0.818. The molecular weight excluding hydrogens is 160 g/mol. The minimum Gasteiger partial charge on any atom is -0.328 e. The molecule has 2 aliphatic heterocycles. The van der Waals surface area contributed by atoms with Crippen LogP contribution in [0.25, 0.3) is 0 Å². The molecule has 2 fully saturated rings. The molecule has 0 aliphatic carbocycles. The Hall–Kier alpha value is -0.340. The SMILES string of the molecule is C=C(C)CN1[C@@H]2CC[C@H]1CC(N)C2. The van der Waals surface area contributed by atoms with E-state index in [0.717, 1.165) is 18.6 Å². The molecule has 0 aromatic rings. The Labute approximate surface area is 80.8 Å². The van der Waals surface area contributed by atoms with Crippen LogP contribution in [0.1, 0.15) is 32.6 Å². The highest BCUT2D eigenvalue weighted by atomic mass is 15.2. The van der Waals surface area contributed by atoms with Gasteiger partial charge in [0.05, 0.1) is 0 Å². The second kappa shape index (κ2) is 3.43. The second-order valence-corrected chi connectivity index (χ2v) is 4.75. The van der Waals surface area contributed by atoms with Gasteiger partial charge in [-0.1, -0.05) is 12.2 Å². The van der Waals surface area contributed by atoms with Crippen molar-refractivity contribution in [2.45, 2.75) is 50.7 Å². The molecule has 13 heavy (non-hydrogen) atoms. The molecule has 2 saturated heterocycles. The third-order valence-electron chi connectivity index (χ3n) is 3.37. The number of piperidine rings is 1. The molecular formula is C11H20N2. The molecule has 74 valence electrons. The number of rotatable bonds is 2.